The average molecular weight is 352 g/mol. The maximum Gasteiger partial charge on any atom is 0.257 e. The van der Waals surface area contributed by atoms with Crippen molar-refractivity contribution in [3.05, 3.63) is 54.4 Å². The number of hydrogen-bond donors (Lipinski definition) is 0. The first-order chi connectivity index (χ1) is 12.8. The Hall–Kier alpha value is -2.51. The third kappa shape index (κ3) is 4.00. The van der Waals surface area contributed by atoms with Crippen LogP contribution >= 0.6 is 0 Å². The van der Waals surface area contributed by atoms with Gasteiger partial charge in [-0.1, -0.05) is 23.4 Å². The Balaban J connectivity index is 1.33. The van der Waals surface area contributed by atoms with Crippen LogP contribution in [0.4, 0.5) is 0 Å². The van der Waals surface area contributed by atoms with Crippen molar-refractivity contribution >= 4 is 0 Å². The van der Waals surface area contributed by atoms with Crippen molar-refractivity contribution in [3.63, 3.8) is 0 Å². The average Bonchev–Trinajstić information content (AvgIpc) is 3.22. The van der Waals surface area contributed by atoms with E-state index in [1.165, 1.54) is 0 Å². The van der Waals surface area contributed by atoms with Crippen LogP contribution in [0.25, 0.3) is 11.5 Å². The van der Waals surface area contributed by atoms with Gasteiger partial charge in [-0.2, -0.15) is 4.98 Å². The number of aryl methyl sites for hydroxylation is 1. The molecule has 1 aromatic carbocycles. The molecule has 26 heavy (non-hydrogen) atoms. The molecule has 7 nitrogen and oxygen atoms in total. The van der Waals surface area contributed by atoms with Crippen molar-refractivity contribution in [1.29, 1.82) is 0 Å². The summed E-state index contributed by atoms with van der Waals surface area (Å²) in [4.78, 5) is 13.9. The van der Waals surface area contributed by atoms with Crippen LogP contribution in [0.1, 0.15) is 18.1 Å². The predicted molar refractivity (Wildman–Crippen MR) is 98.1 cm³/mol. The summed E-state index contributed by atoms with van der Waals surface area (Å²) in [7, 11) is 2.05. The molecule has 0 radical (unpaired) electrons. The second-order valence-electron chi connectivity index (χ2n) is 6.74. The van der Waals surface area contributed by atoms with Gasteiger partial charge in [0.25, 0.3) is 5.89 Å². The Bertz CT molecular complexity index is 827. The third-order valence-corrected chi connectivity index (χ3v) is 4.82. The van der Waals surface area contributed by atoms with Gasteiger partial charge in [0.2, 0.25) is 0 Å². The molecule has 0 aliphatic carbocycles. The highest BCUT2D eigenvalue weighted by atomic mass is 16.5. The number of nitrogens with zero attached hydrogens (tertiary/aromatic N) is 6. The van der Waals surface area contributed by atoms with Gasteiger partial charge in [0, 0.05) is 38.1 Å². The zero-order valence-electron chi connectivity index (χ0n) is 15.1. The van der Waals surface area contributed by atoms with Crippen LogP contribution in [0.5, 0.6) is 0 Å². The molecule has 0 N–H and O–H groups in total. The first kappa shape index (κ1) is 16.9. The lowest BCUT2D eigenvalue weighted by molar-refractivity contribution is 0.237. The van der Waals surface area contributed by atoms with E-state index in [-0.39, 0.29) is 0 Å². The van der Waals surface area contributed by atoms with Gasteiger partial charge in [0.15, 0.2) is 5.82 Å². The van der Waals surface area contributed by atoms with Gasteiger partial charge >= 0.3 is 0 Å². The lowest BCUT2D eigenvalue weighted by atomic mass is 10.2. The fraction of sp³-hybridized carbons (Fsp3) is 0.421. The number of rotatable bonds is 5. The second-order valence-corrected chi connectivity index (χ2v) is 6.74. The summed E-state index contributed by atoms with van der Waals surface area (Å²) in [5, 5.41) is 4.15. The van der Waals surface area contributed by atoms with Gasteiger partial charge < -0.3 is 9.09 Å². The van der Waals surface area contributed by atoms with E-state index < -0.39 is 0 Å². The van der Waals surface area contributed by atoms with Crippen molar-refractivity contribution in [2.45, 2.75) is 19.5 Å². The van der Waals surface area contributed by atoms with Crippen molar-refractivity contribution < 1.29 is 4.52 Å². The van der Waals surface area contributed by atoms with Gasteiger partial charge in [-0.05, 0) is 31.6 Å². The van der Waals surface area contributed by atoms with E-state index in [0.717, 1.165) is 62.9 Å². The highest BCUT2D eigenvalue weighted by Crippen LogP contribution is 2.17. The number of imidazole rings is 1. The van der Waals surface area contributed by atoms with Gasteiger partial charge in [-0.25, -0.2) is 4.98 Å². The van der Waals surface area contributed by atoms with Crippen LogP contribution in [0.3, 0.4) is 0 Å². The fourth-order valence-electron chi connectivity index (χ4n) is 3.31. The maximum absolute atomic E-state index is 5.42. The van der Waals surface area contributed by atoms with Gasteiger partial charge in [0.1, 0.15) is 5.82 Å². The largest absolute Gasteiger partial charge is 0.337 e. The van der Waals surface area contributed by atoms with E-state index in [0.29, 0.717) is 5.89 Å². The molecule has 1 aliphatic rings. The maximum atomic E-state index is 5.42. The van der Waals surface area contributed by atoms with Gasteiger partial charge in [-0.15, -0.1) is 0 Å². The quantitative estimate of drug-likeness (QED) is 0.701. The van der Waals surface area contributed by atoms with Crippen molar-refractivity contribution in [2.24, 2.45) is 7.05 Å². The van der Waals surface area contributed by atoms with Crippen LogP contribution in [-0.2, 0) is 20.1 Å². The third-order valence-electron chi connectivity index (χ3n) is 4.82. The van der Waals surface area contributed by atoms with E-state index >= 15 is 0 Å². The van der Waals surface area contributed by atoms with E-state index in [4.69, 9.17) is 4.52 Å². The molecule has 4 rings (SSSR count). The van der Waals surface area contributed by atoms with Gasteiger partial charge in [0.05, 0.1) is 13.1 Å². The molecule has 2 aromatic heterocycles. The molecular formula is C19H24N6O. The number of aromatic nitrogens is 4. The minimum atomic E-state index is 0.590. The predicted octanol–water partition coefficient (Wildman–Crippen LogP) is 2.18. The molecular weight excluding hydrogens is 328 g/mol. The molecule has 0 bridgehead atoms. The molecule has 0 unspecified atom stereocenters. The molecule has 7 heteroatoms. The molecule has 136 valence electrons. The zero-order valence-corrected chi connectivity index (χ0v) is 15.1. The summed E-state index contributed by atoms with van der Waals surface area (Å²) in [6.45, 7) is 5.79. The molecule has 1 saturated heterocycles. The summed E-state index contributed by atoms with van der Waals surface area (Å²) in [5.41, 5.74) is 0.961. The molecule has 3 aromatic rings. The highest BCUT2D eigenvalue weighted by molar-refractivity contribution is 5.51. The van der Waals surface area contributed by atoms with Crippen molar-refractivity contribution in [3.8, 4) is 11.5 Å². The lowest BCUT2D eigenvalue weighted by Gasteiger charge is -2.20. The Morgan fingerprint density at radius 1 is 1.00 bits per heavy atom. The van der Waals surface area contributed by atoms with Crippen LogP contribution in [-0.4, -0.2) is 55.7 Å². The smallest absolute Gasteiger partial charge is 0.257 e. The molecule has 1 fully saturated rings. The summed E-state index contributed by atoms with van der Waals surface area (Å²) in [6, 6.07) is 9.90. The highest BCUT2D eigenvalue weighted by Gasteiger charge is 2.18. The van der Waals surface area contributed by atoms with Crippen LogP contribution < -0.4 is 0 Å². The van der Waals surface area contributed by atoms with E-state index in [1.807, 2.05) is 49.8 Å². The molecule has 0 spiro atoms. The zero-order chi connectivity index (χ0) is 17.8. The summed E-state index contributed by atoms with van der Waals surface area (Å²) in [6.07, 6.45) is 4.99. The molecule has 1 aliphatic heterocycles. The minimum Gasteiger partial charge on any atom is -0.337 e. The number of hydrogen-bond acceptors (Lipinski definition) is 6. The topological polar surface area (TPSA) is 63.2 Å². The molecule has 0 saturated carbocycles. The Labute approximate surface area is 153 Å². The Kier molecular flexibility index (Phi) is 5.08. The lowest BCUT2D eigenvalue weighted by Crippen LogP contribution is -2.31. The first-order valence-electron chi connectivity index (χ1n) is 9.07. The summed E-state index contributed by atoms with van der Waals surface area (Å²) in [5.74, 6) is 2.46. The van der Waals surface area contributed by atoms with E-state index in [2.05, 4.69) is 29.5 Å². The molecule has 0 amide bonds. The summed E-state index contributed by atoms with van der Waals surface area (Å²) < 4.78 is 7.51. The summed E-state index contributed by atoms with van der Waals surface area (Å²) >= 11 is 0. The normalized spacial score (nSPS) is 16.7. The Morgan fingerprint density at radius 3 is 2.50 bits per heavy atom. The fourth-order valence-corrected chi connectivity index (χ4v) is 3.31. The SMILES string of the molecule is Cn1ccnc1CN1CCCN(Cc2noc(-c3ccccc3)n2)CC1. The van der Waals surface area contributed by atoms with E-state index in [1.54, 1.807) is 0 Å². The first-order valence-corrected chi connectivity index (χ1v) is 9.07. The van der Waals surface area contributed by atoms with Crippen LogP contribution in [0, 0.1) is 0 Å². The standard InChI is InChI=1S/C19H24N6O/c1-23-11-8-20-18(23)15-25-10-5-9-24(12-13-25)14-17-21-19(26-22-17)16-6-3-2-4-7-16/h2-4,6-8,11H,5,9-10,12-15H2,1H3. The van der Waals surface area contributed by atoms with Gasteiger partial charge in [-0.3, -0.25) is 9.80 Å². The second kappa shape index (κ2) is 7.80. The van der Waals surface area contributed by atoms with E-state index in [9.17, 15) is 0 Å². The minimum absolute atomic E-state index is 0.590. The molecule has 0 atom stereocenters. The van der Waals surface area contributed by atoms with Crippen molar-refractivity contribution in [1.82, 2.24) is 29.5 Å². The molecule has 3 heterocycles. The Morgan fingerprint density at radius 2 is 1.77 bits per heavy atom. The van der Waals surface area contributed by atoms with Crippen LogP contribution in [0.2, 0.25) is 0 Å². The number of benzene rings is 1. The van der Waals surface area contributed by atoms with Crippen molar-refractivity contribution in [2.75, 3.05) is 26.2 Å². The monoisotopic (exact) mass is 352 g/mol. The van der Waals surface area contributed by atoms with Crippen LogP contribution in [0.15, 0.2) is 47.2 Å².